The van der Waals surface area contributed by atoms with E-state index in [1.165, 1.54) is 21.8 Å². The molecular formula is C16H27N4O2S2+. The van der Waals surface area contributed by atoms with E-state index in [0.29, 0.717) is 9.99 Å². The van der Waals surface area contributed by atoms with Crippen molar-refractivity contribution in [1.82, 2.24) is 16.2 Å². The number of rotatable bonds is 6. The number of amides is 1. The summed E-state index contributed by atoms with van der Waals surface area (Å²) >= 11 is 6.71. The molecule has 8 heteroatoms. The second kappa shape index (κ2) is 9.93. The summed E-state index contributed by atoms with van der Waals surface area (Å²) in [5.41, 5.74) is 6.58. The minimum Gasteiger partial charge on any atom is -0.370 e. The third-order valence-corrected chi connectivity index (χ3v) is 5.67. The third-order valence-electron chi connectivity index (χ3n) is 4.05. The lowest BCUT2D eigenvalue weighted by Crippen LogP contribution is -3.14. The van der Waals surface area contributed by atoms with Gasteiger partial charge in [0.1, 0.15) is 13.1 Å². The number of carbonyl (C=O) groups is 1. The van der Waals surface area contributed by atoms with Gasteiger partial charge in [0.2, 0.25) is 0 Å². The van der Waals surface area contributed by atoms with Gasteiger partial charge in [0.25, 0.3) is 5.91 Å². The second-order valence-electron chi connectivity index (χ2n) is 5.87. The maximum Gasteiger partial charge on any atom is 0.279 e. The first kappa shape index (κ1) is 19.1. The van der Waals surface area contributed by atoms with E-state index in [1.54, 1.807) is 4.90 Å². The van der Waals surface area contributed by atoms with Crippen LogP contribution in [0.5, 0.6) is 0 Å². The zero-order chi connectivity index (χ0) is 17.4. The monoisotopic (exact) mass is 371 g/mol. The molecule has 0 radical (unpaired) electrons. The summed E-state index contributed by atoms with van der Waals surface area (Å²) in [4.78, 5) is 15.6. The lowest BCUT2D eigenvalue weighted by molar-refractivity contribution is -0.908. The van der Waals surface area contributed by atoms with Crippen LogP contribution in [-0.2, 0) is 11.2 Å². The lowest BCUT2D eigenvalue weighted by Gasteiger charge is -2.23. The van der Waals surface area contributed by atoms with Gasteiger partial charge < -0.3 is 15.0 Å². The second-order valence-corrected chi connectivity index (χ2v) is 7.42. The first-order valence-electron chi connectivity index (χ1n) is 8.45. The van der Waals surface area contributed by atoms with Crippen molar-refractivity contribution in [3.63, 3.8) is 0 Å². The first-order valence-corrected chi connectivity index (χ1v) is 9.67. The van der Waals surface area contributed by atoms with Crippen molar-refractivity contribution < 1.29 is 14.4 Å². The molecule has 2 rings (SSSR count). The number of thiocarbonyl (C=S) groups is 1. The van der Waals surface area contributed by atoms with Crippen LogP contribution in [0.3, 0.4) is 0 Å². The molecule has 6 nitrogen and oxygen atoms in total. The van der Waals surface area contributed by atoms with Gasteiger partial charge >= 0.3 is 0 Å². The molecular weight excluding hydrogens is 344 g/mol. The smallest absolute Gasteiger partial charge is 0.279 e. The van der Waals surface area contributed by atoms with E-state index in [0.717, 1.165) is 52.2 Å². The number of carbonyl (C=O) groups excluding carboxylic acids is 1. The number of thiophene rings is 1. The van der Waals surface area contributed by atoms with Crippen molar-refractivity contribution in [3.8, 4) is 0 Å². The summed E-state index contributed by atoms with van der Waals surface area (Å²) < 4.78 is 5.34. The van der Waals surface area contributed by atoms with Gasteiger partial charge in [0, 0.05) is 17.8 Å². The molecule has 1 aromatic rings. The zero-order valence-corrected chi connectivity index (χ0v) is 16.0. The van der Waals surface area contributed by atoms with E-state index < -0.39 is 0 Å². The fourth-order valence-electron chi connectivity index (χ4n) is 2.65. The summed E-state index contributed by atoms with van der Waals surface area (Å²) in [6.45, 7) is 9.91. The number of nitrogens with one attached hydrogen (secondary N) is 4. The van der Waals surface area contributed by atoms with E-state index in [1.807, 2.05) is 13.0 Å². The summed E-state index contributed by atoms with van der Waals surface area (Å²) in [5, 5.41) is 3.57. The Hall–Kier alpha value is -1.22. The Kier molecular flexibility index (Phi) is 7.90. The molecule has 134 valence electrons. The van der Waals surface area contributed by atoms with Crippen LogP contribution in [-0.4, -0.2) is 50.4 Å². The van der Waals surface area contributed by atoms with Gasteiger partial charge in [-0.2, -0.15) is 0 Å². The number of ether oxygens (including phenoxy) is 1. The van der Waals surface area contributed by atoms with Gasteiger partial charge in [0.15, 0.2) is 5.11 Å². The highest BCUT2D eigenvalue weighted by atomic mass is 32.1. The number of hydrogen-bond donors (Lipinski definition) is 4. The summed E-state index contributed by atoms with van der Waals surface area (Å²) in [6, 6.07) is 1.92. The Morgan fingerprint density at radius 2 is 2.12 bits per heavy atom. The molecule has 1 aliphatic heterocycles. The molecule has 2 heterocycles. The maximum absolute atomic E-state index is 12.1. The highest BCUT2D eigenvalue weighted by molar-refractivity contribution is 7.80. The molecule has 0 spiro atoms. The molecule has 1 saturated heterocycles. The minimum absolute atomic E-state index is 0.148. The van der Waals surface area contributed by atoms with Gasteiger partial charge in [-0.15, -0.1) is 11.3 Å². The van der Waals surface area contributed by atoms with Crippen molar-refractivity contribution in [3.05, 3.63) is 21.4 Å². The molecule has 0 aromatic carbocycles. The predicted octanol–water partition coefficient (Wildman–Crippen LogP) is 0.0330. The molecule has 0 unspecified atom stereocenters. The van der Waals surface area contributed by atoms with Crippen molar-refractivity contribution in [2.45, 2.75) is 26.7 Å². The van der Waals surface area contributed by atoms with Crippen LogP contribution in [0.15, 0.2) is 6.07 Å². The fraction of sp³-hybridized carbons (Fsp3) is 0.625. The molecule has 1 amide bonds. The van der Waals surface area contributed by atoms with Crippen LogP contribution < -0.4 is 21.1 Å². The average Bonchev–Trinajstić information content (AvgIpc) is 2.98. The molecule has 0 atom stereocenters. The molecule has 0 saturated carbocycles. The molecule has 24 heavy (non-hydrogen) atoms. The predicted molar refractivity (Wildman–Crippen MR) is 101 cm³/mol. The van der Waals surface area contributed by atoms with Crippen LogP contribution in [0.2, 0.25) is 0 Å². The number of hydrazine groups is 1. The normalized spacial score (nSPS) is 15.1. The molecule has 0 bridgehead atoms. The number of aryl methyl sites for hydroxylation is 2. The molecule has 4 N–H and O–H groups in total. The molecule has 1 aromatic heterocycles. The molecule has 1 fully saturated rings. The van der Waals surface area contributed by atoms with E-state index >= 15 is 0 Å². The van der Waals surface area contributed by atoms with Crippen molar-refractivity contribution in [2.24, 2.45) is 0 Å². The Morgan fingerprint density at radius 1 is 1.38 bits per heavy atom. The van der Waals surface area contributed by atoms with Crippen molar-refractivity contribution in [1.29, 1.82) is 0 Å². The quantitative estimate of drug-likeness (QED) is 0.323. The highest BCUT2D eigenvalue weighted by Crippen LogP contribution is 2.21. The van der Waals surface area contributed by atoms with E-state index in [4.69, 9.17) is 17.0 Å². The Bertz CT molecular complexity index is 556. The average molecular weight is 372 g/mol. The third kappa shape index (κ3) is 6.01. The Labute approximate surface area is 152 Å². The highest BCUT2D eigenvalue weighted by Gasteiger charge is 2.13. The van der Waals surface area contributed by atoms with E-state index in [-0.39, 0.29) is 5.91 Å². The van der Waals surface area contributed by atoms with Crippen LogP contribution in [0.4, 0.5) is 0 Å². The SMILES string of the molecule is CCc1sc(C(=O)NNC(=S)NCCC[NH+]2CCOCC2)cc1C. The van der Waals surface area contributed by atoms with Gasteiger partial charge in [-0.1, -0.05) is 6.92 Å². The van der Waals surface area contributed by atoms with Crippen LogP contribution >= 0.6 is 23.6 Å². The van der Waals surface area contributed by atoms with Crippen molar-refractivity contribution >= 4 is 34.6 Å². The van der Waals surface area contributed by atoms with Gasteiger partial charge in [-0.25, -0.2) is 0 Å². The number of hydrogen-bond acceptors (Lipinski definition) is 4. The van der Waals surface area contributed by atoms with Crippen molar-refractivity contribution in [2.75, 3.05) is 39.4 Å². The number of quaternary nitrogens is 1. The molecule has 0 aliphatic carbocycles. The Balaban J connectivity index is 1.60. The van der Waals surface area contributed by atoms with E-state index in [9.17, 15) is 4.79 Å². The van der Waals surface area contributed by atoms with Crippen LogP contribution in [0.1, 0.15) is 33.5 Å². The maximum atomic E-state index is 12.1. The minimum atomic E-state index is -0.148. The van der Waals surface area contributed by atoms with Gasteiger partial charge in [-0.05, 0) is 37.2 Å². The summed E-state index contributed by atoms with van der Waals surface area (Å²) in [6.07, 6.45) is 1.98. The summed E-state index contributed by atoms with van der Waals surface area (Å²) in [7, 11) is 0. The van der Waals surface area contributed by atoms with Crippen LogP contribution in [0, 0.1) is 6.92 Å². The molecule has 1 aliphatic rings. The van der Waals surface area contributed by atoms with Gasteiger partial charge in [-0.3, -0.25) is 15.6 Å². The van der Waals surface area contributed by atoms with Crippen LogP contribution in [0.25, 0.3) is 0 Å². The first-order chi connectivity index (χ1) is 11.6. The van der Waals surface area contributed by atoms with E-state index in [2.05, 4.69) is 23.1 Å². The topological polar surface area (TPSA) is 66.8 Å². The zero-order valence-electron chi connectivity index (χ0n) is 14.4. The summed E-state index contributed by atoms with van der Waals surface area (Å²) in [5.74, 6) is -0.148. The fourth-order valence-corrected chi connectivity index (χ4v) is 3.81. The standard InChI is InChI=1S/C16H26N4O2S2/c1-3-13-12(2)11-14(24-13)15(21)18-19-16(23)17-5-4-6-20-7-9-22-10-8-20/h11H,3-10H2,1-2H3,(H,18,21)(H2,17,19,23)/p+1. The largest absolute Gasteiger partial charge is 0.370 e. The Morgan fingerprint density at radius 3 is 2.79 bits per heavy atom. The number of morpholine rings is 1. The lowest BCUT2D eigenvalue weighted by atomic mass is 10.2. The van der Waals surface area contributed by atoms with Gasteiger partial charge in [0.05, 0.1) is 24.6 Å².